The van der Waals surface area contributed by atoms with Crippen LogP contribution in [0.15, 0.2) is 53.7 Å². The van der Waals surface area contributed by atoms with E-state index >= 15 is 0 Å². The number of carbonyl (C=O) groups is 1. The van der Waals surface area contributed by atoms with Gasteiger partial charge in [-0.05, 0) is 42.0 Å². The van der Waals surface area contributed by atoms with E-state index in [2.05, 4.69) is 9.88 Å². The van der Waals surface area contributed by atoms with Crippen LogP contribution in [0.3, 0.4) is 0 Å². The fraction of sp³-hybridized carbons (Fsp3) is 0.368. The van der Waals surface area contributed by atoms with Gasteiger partial charge in [-0.1, -0.05) is 0 Å². The molecule has 1 saturated heterocycles. The van der Waals surface area contributed by atoms with Gasteiger partial charge in [-0.3, -0.25) is 14.7 Å². The zero-order chi connectivity index (χ0) is 17.5. The molecule has 1 aliphatic rings. The number of aromatic nitrogens is 1. The first-order valence-electron chi connectivity index (χ1n) is 8.48. The van der Waals surface area contributed by atoms with Gasteiger partial charge in [-0.2, -0.15) is 0 Å². The zero-order valence-corrected chi connectivity index (χ0v) is 14.9. The summed E-state index contributed by atoms with van der Waals surface area (Å²) >= 11 is 1.59. The SMILES string of the molecule is O=C(CCSc1ccc(F)cc1)N1CCN(Cc2ccncc2)CC1. The minimum atomic E-state index is -0.231. The van der Waals surface area contributed by atoms with Crippen LogP contribution in [0, 0.1) is 5.82 Å². The molecule has 0 saturated carbocycles. The predicted octanol–water partition coefficient (Wildman–Crippen LogP) is 3.05. The van der Waals surface area contributed by atoms with Gasteiger partial charge >= 0.3 is 0 Å². The van der Waals surface area contributed by atoms with E-state index in [1.165, 1.54) is 17.7 Å². The molecule has 2 aromatic rings. The van der Waals surface area contributed by atoms with E-state index in [0.717, 1.165) is 43.4 Å². The van der Waals surface area contributed by atoms with Gasteiger partial charge in [0.15, 0.2) is 0 Å². The maximum atomic E-state index is 12.9. The number of benzene rings is 1. The van der Waals surface area contributed by atoms with Crippen LogP contribution < -0.4 is 0 Å². The van der Waals surface area contributed by atoms with E-state index < -0.39 is 0 Å². The highest BCUT2D eigenvalue weighted by Gasteiger charge is 2.20. The van der Waals surface area contributed by atoms with Crippen molar-refractivity contribution < 1.29 is 9.18 Å². The molecule has 0 radical (unpaired) electrons. The summed E-state index contributed by atoms with van der Waals surface area (Å²) in [6, 6.07) is 10.5. The number of thioether (sulfide) groups is 1. The second-order valence-corrected chi connectivity index (χ2v) is 7.23. The molecule has 0 atom stereocenters. The molecular weight excluding hydrogens is 337 g/mol. The average Bonchev–Trinajstić information content (AvgIpc) is 2.65. The largest absolute Gasteiger partial charge is 0.340 e. The third-order valence-corrected chi connectivity index (χ3v) is 5.29. The average molecular weight is 359 g/mol. The van der Waals surface area contributed by atoms with Crippen LogP contribution in [0.5, 0.6) is 0 Å². The Kier molecular flexibility index (Phi) is 6.42. The van der Waals surface area contributed by atoms with E-state index in [1.807, 2.05) is 29.4 Å². The van der Waals surface area contributed by atoms with Crippen LogP contribution in [0.4, 0.5) is 4.39 Å². The number of hydrogen-bond acceptors (Lipinski definition) is 4. The molecule has 1 aromatic heterocycles. The standard InChI is InChI=1S/C19H22FN3OS/c20-17-1-3-18(4-2-17)25-14-7-19(24)23-12-10-22(11-13-23)15-16-5-8-21-9-6-16/h1-6,8-9H,7,10-15H2. The first-order valence-corrected chi connectivity index (χ1v) is 9.47. The van der Waals surface area contributed by atoms with Gasteiger partial charge in [0.2, 0.25) is 5.91 Å². The third kappa shape index (κ3) is 5.54. The molecule has 0 bridgehead atoms. The molecule has 1 aromatic carbocycles. The van der Waals surface area contributed by atoms with Crippen LogP contribution in [-0.2, 0) is 11.3 Å². The molecule has 1 aliphatic heterocycles. The molecule has 4 nitrogen and oxygen atoms in total. The highest BCUT2D eigenvalue weighted by Crippen LogP contribution is 2.19. The molecule has 25 heavy (non-hydrogen) atoms. The normalized spacial score (nSPS) is 15.3. The Morgan fingerprint density at radius 2 is 1.72 bits per heavy atom. The van der Waals surface area contributed by atoms with Crippen molar-refractivity contribution in [2.24, 2.45) is 0 Å². The molecule has 1 fully saturated rings. The van der Waals surface area contributed by atoms with Gasteiger partial charge in [0.05, 0.1) is 0 Å². The summed E-state index contributed by atoms with van der Waals surface area (Å²) in [4.78, 5) is 21.7. The first kappa shape index (κ1) is 17.9. The quantitative estimate of drug-likeness (QED) is 0.743. The Morgan fingerprint density at radius 1 is 1.04 bits per heavy atom. The van der Waals surface area contributed by atoms with Crippen LogP contribution in [-0.4, -0.2) is 52.6 Å². The summed E-state index contributed by atoms with van der Waals surface area (Å²) in [7, 11) is 0. The minimum Gasteiger partial charge on any atom is -0.340 e. The smallest absolute Gasteiger partial charge is 0.223 e. The van der Waals surface area contributed by atoms with Crippen LogP contribution in [0.2, 0.25) is 0 Å². The lowest BCUT2D eigenvalue weighted by Crippen LogP contribution is -2.48. The number of nitrogens with zero attached hydrogens (tertiary/aromatic N) is 3. The Hall–Kier alpha value is -1.92. The van der Waals surface area contributed by atoms with Crippen molar-refractivity contribution in [3.63, 3.8) is 0 Å². The molecule has 0 spiro atoms. The maximum absolute atomic E-state index is 12.9. The summed E-state index contributed by atoms with van der Waals surface area (Å²) in [5.74, 6) is 0.699. The van der Waals surface area contributed by atoms with Gasteiger partial charge in [-0.25, -0.2) is 4.39 Å². The van der Waals surface area contributed by atoms with Gasteiger partial charge in [0.25, 0.3) is 0 Å². The summed E-state index contributed by atoms with van der Waals surface area (Å²) < 4.78 is 12.9. The summed E-state index contributed by atoms with van der Waals surface area (Å²) in [5.41, 5.74) is 1.26. The molecule has 6 heteroatoms. The van der Waals surface area contributed by atoms with Crippen molar-refractivity contribution >= 4 is 17.7 Å². The monoisotopic (exact) mass is 359 g/mol. The van der Waals surface area contributed by atoms with Crippen molar-refractivity contribution in [3.8, 4) is 0 Å². The highest BCUT2D eigenvalue weighted by atomic mass is 32.2. The van der Waals surface area contributed by atoms with Crippen molar-refractivity contribution in [1.29, 1.82) is 0 Å². The number of halogens is 1. The van der Waals surface area contributed by atoms with E-state index in [1.54, 1.807) is 23.9 Å². The van der Waals surface area contributed by atoms with Crippen LogP contribution >= 0.6 is 11.8 Å². The Labute approximate surface area is 152 Å². The Balaban J connectivity index is 1.37. The van der Waals surface area contributed by atoms with Crippen molar-refractivity contribution in [2.45, 2.75) is 17.9 Å². The van der Waals surface area contributed by atoms with Crippen LogP contribution in [0.25, 0.3) is 0 Å². The number of carbonyl (C=O) groups excluding carboxylic acids is 1. The Bertz CT molecular complexity index is 673. The zero-order valence-electron chi connectivity index (χ0n) is 14.1. The van der Waals surface area contributed by atoms with Gasteiger partial charge in [0.1, 0.15) is 5.82 Å². The maximum Gasteiger partial charge on any atom is 0.223 e. The van der Waals surface area contributed by atoms with E-state index in [0.29, 0.717) is 6.42 Å². The third-order valence-electron chi connectivity index (χ3n) is 4.28. The van der Waals surface area contributed by atoms with E-state index in [4.69, 9.17) is 0 Å². The lowest BCUT2D eigenvalue weighted by molar-refractivity contribution is -0.132. The summed E-state index contributed by atoms with van der Waals surface area (Å²) in [6.07, 6.45) is 4.15. The molecule has 0 unspecified atom stereocenters. The van der Waals surface area contributed by atoms with E-state index in [9.17, 15) is 9.18 Å². The first-order chi connectivity index (χ1) is 12.2. The lowest BCUT2D eigenvalue weighted by atomic mass is 10.2. The van der Waals surface area contributed by atoms with Gasteiger partial charge in [-0.15, -0.1) is 11.8 Å². The fourth-order valence-corrected chi connectivity index (χ4v) is 3.69. The number of rotatable bonds is 6. The highest BCUT2D eigenvalue weighted by molar-refractivity contribution is 7.99. The molecule has 0 N–H and O–H groups in total. The second kappa shape index (κ2) is 8.97. The minimum absolute atomic E-state index is 0.207. The predicted molar refractivity (Wildman–Crippen MR) is 97.8 cm³/mol. The molecule has 0 aliphatic carbocycles. The number of piperazine rings is 1. The molecule has 2 heterocycles. The Morgan fingerprint density at radius 3 is 2.40 bits per heavy atom. The number of amides is 1. The van der Waals surface area contributed by atoms with Crippen molar-refractivity contribution in [3.05, 3.63) is 60.2 Å². The number of hydrogen-bond donors (Lipinski definition) is 0. The lowest BCUT2D eigenvalue weighted by Gasteiger charge is -2.34. The van der Waals surface area contributed by atoms with Gasteiger partial charge in [0, 0.05) is 62.2 Å². The van der Waals surface area contributed by atoms with E-state index in [-0.39, 0.29) is 11.7 Å². The second-order valence-electron chi connectivity index (χ2n) is 6.06. The van der Waals surface area contributed by atoms with Crippen molar-refractivity contribution in [2.75, 3.05) is 31.9 Å². The van der Waals surface area contributed by atoms with Crippen molar-refractivity contribution in [1.82, 2.24) is 14.8 Å². The topological polar surface area (TPSA) is 36.4 Å². The number of pyridine rings is 1. The summed E-state index contributed by atoms with van der Waals surface area (Å²) in [5, 5.41) is 0. The molecule has 1 amide bonds. The molecule has 3 rings (SSSR count). The summed E-state index contributed by atoms with van der Waals surface area (Å²) in [6.45, 7) is 4.28. The molecule has 132 valence electrons. The molecular formula is C19H22FN3OS. The fourth-order valence-electron chi connectivity index (χ4n) is 2.85. The van der Waals surface area contributed by atoms with Gasteiger partial charge < -0.3 is 4.90 Å². The van der Waals surface area contributed by atoms with Crippen LogP contribution in [0.1, 0.15) is 12.0 Å².